The summed E-state index contributed by atoms with van der Waals surface area (Å²) in [5.74, 6) is 0. The Bertz CT molecular complexity index is 400. The third-order valence-corrected chi connectivity index (χ3v) is 4.23. The van der Waals surface area contributed by atoms with Crippen molar-refractivity contribution in [3.8, 4) is 0 Å². The Hall–Kier alpha value is -0.860. The Morgan fingerprint density at radius 3 is 2.83 bits per heavy atom. The molecule has 0 bridgehead atoms. The van der Waals surface area contributed by atoms with Crippen LogP contribution in [0, 0.1) is 13.8 Å². The Labute approximate surface area is 111 Å². The number of nitrogens with two attached hydrogens (primary N) is 1. The molecule has 2 atom stereocenters. The molecule has 100 valence electrons. The summed E-state index contributed by atoms with van der Waals surface area (Å²) in [4.78, 5) is 2.57. The lowest BCUT2D eigenvalue weighted by Gasteiger charge is -2.27. The number of nitrogens with zero attached hydrogens (tertiary/aromatic N) is 1. The van der Waals surface area contributed by atoms with E-state index < -0.39 is 0 Å². The van der Waals surface area contributed by atoms with Crippen molar-refractivity contribution in [1.29, 1.82) is 0 Å². The minimum absolute atomic E-state index is 0.151. The Morgan fingerprint density at radius 2 is 2.17 bits per heavy atom. The minimum atomic E-state index is 0.151. The molecule has 0 aliphatic carbocycles. The van der Waals surface area contributed by atoms with E-state index in [1.165, 1.54) is 42.5 Å². The van der Waals surface area contributed by atoms with Crippen LogP contribution in [0.2, 0.25) is 0 Å². The molecule has 2 heteroatoms. The summed E-state index contributed by atoms with van der Waals surface area (Å²) in [6.07, 6.45) is 3.92. The number of likely N-dealkylation sites (tertiary alicyclic amines) is 1. The number of rotatable bonds is 4. The van der Waals surface area contributed by atoms with Crippen molar-refractivity contribution in [1.82, 2.24) is 4.90 Å². The van der Waals surface area contributed by atoms with Crippen LogP contribution >= 0.6 is 0 Å². The molecule has 2 N–H and O–H groups in total. The van der Waals surface area contributed by atoms with Gasteiger partial charge in [-0.3, -0.25) is 4.90 Å². The van der Waals surface area contributed by atoms with Gasteiger partial charge >= 0.3 is 0 Å². The third kappa shape index (κ3) is 2.93. The molecule has 0 aromatic heterocycles. The molecule has 1 aromatic carbocycles. The summed E-state index contributed by atoms with van der Waals surface area (Å²) in [5, 5.41) is 0. The van der Waals surface area contributed by atoms with Gasteiger partial charge in [0.25, 0.3) is 0 Å². The predicted octanol–water partition coefficient (Wildman–Crippen LogP) is 3.18. The van der Waals surface area contributed by atoms with Crippen LogP contribution < -0.4 is 5.73 Å². The van der Waals surface area contributed by atoms with E-state index >= 15 is 0 Å². The molecule has 1 aliphatic rings. The van der Waals surface area contributed by atoms with Crippen molar-refractivity contribution in [2.45, 2.75) is 52.1 Å². The van der Waals surface area contributed by atoms with Crippen LogP contribution in [0.1, 0.15) is 48.9 Å². The Balaban J connectivity index is 2.05. The van der Waals surface area contributed by atoms with Gasteiger partial charge in [-0.25, -0.2) is 0 Å². The fourth-order valence-electron chi connectivity index (χ4n) is 3.19. The molecule has 0 spiro atoms. The predicted molar refractivity (Wildman–Crippen MR) is 77.7 cm³/mol. The number of hydrogen-bond donors (Lipinski definition) is 1. The van der Waals surface area contributed by atoms with E-state index in [9.17, 15) is 0 Å². The van der Waals surface area contributed by atoms with Crippen molar-refractivity contribution < 1.29 is 0 Å². The van der Waals surface area contributed by atoms with Gasteiger partial charge in [-0.1, -0.05) is 30.7 Å². The molecule has 1 fully saturated rings. The van der Waals surface area contributed by atoms with Crippen molar-refractivity contribution in [3.05, 3.63) is 34.9 Å². The number of benzene rings is 1. The highest BCUT2D eigenvalue weighted by Gasteiger charge is 2.24. The highest BCUT2D eigenvalue weighted by atomic mass is 15.2. The molecule has 1 heterocycles. The van der Waals surface area contributed by atoms with E-state index in [4.69, 9.17) is 5.73 Å². The molecule has 1 aliphatic heterocycles. The fourth-order valence-corrected chi connectivity index (χ4v) is 3.19. The van der Waals surface area contributed by atoms with E-state index in [-0.39, 0.29) is 6.04 Å². The second-order valence-corrected chi connectivity index (χ2v) is 5.67. The molecule has 1 aromatic rings. The monoisotopic (exact) mass is 246 g/mol. The van der Waals surface area contributed by atoms with Gasteiger partial charge in [-0.15, -0.1) is 0 Å². The molecule has 0 saturated carbocycles. The fraction of sp³-hybridized carbons (Fsp3) is 0.625. The molecule has 1 saturated heterocycles. The summed E-state index contributed by atoms with van der Waals surface area (Å²) in [6, 6.07) is 7.51. The van der Waals surface area contributed by atoms with Crippen molar-refractivity contribution in [2.24, 2.45) is 5.73 Å². The van der Waals surface area contributed by atoms with E-state index in [1.807, 2.05) is 0 Å². The van der Waals surface area contributed by atoms with Gasteiger partial charge in [0.05, 0.1) is 0 Å². The van der Waals surface area contributed by atoms with Crippen LogP contribution in [-0.4, -0.2) is 24.0 Å². The molecule has 0 radical (unpaired) electrons. The van der Waals surface area contributed by atoms with E-state index in [0.29, 0.717) is 0 Å². The maximum Gasteiger partial charge on any atom is 0.0427 e. The van der Waals surface area contributed by atoms with Crippen LogP contribution in [0.3, 0.4) is 0 Å². The summed E-state index contributed by atoms with van der Waals surface area (Å²) in [7, 11) is 0. The zero-order valence-electron chi connectivity index (χ0n) is 11.9. The molecule has 18 heavy (non-hydrogen) atoms. The van der Waals surface area contributed by atoms with Crippen LogP contribution in [0.5, 0.6) is 0 Å². The largest absolute Gasteiger partial charge is 0.323 e. The van der Waals surface area contributed by atoms with Gasteiger partial charge in [0.2, 0.25) is 0 Å². The average molecular weight is 246 g/mol. The zero-order valence-corrected chi connectivity index (χ0v) is 11.9. The summed E-state index contributed by atoms with van der Waals surface area (Å²) < 4.78 is 0. The Kier molecular flexibility index (Phi) is 4.41. The first kappa shape index (κ1) is 13.6. The van der Waals surface area contributed by atoms with E-state index in [2.05, 4.69) is 43.9 Å². The normalized spacial score (nSPS) is 22.3. The topological polar surface area (TPSA) is 29.3 Å². The molecular formula is C16H26N2. The zero-order chi connectivity index (χ0) is 13.1. The number of aryl methyl sites for hydroxylation is 2. The smallest absolute Gasteiger partial charge is 0.0427 e. The Morgan fingerprint density at radius 1 is 1.39 bits per heavy atom. The minimum Gasteiger partial charge on any atom is -0.323 e. The van der Waals surface area contributed by atoms with Gasteiger partial charge in [0, 0.05) is 18.6 Å². The standard InChI is InChI=1S/C16H26N2/c1-4-14-6-5-9-18(14)11-16(17)15-8-7-12(2)10-13(15)3/h7-8,10,14,16H,4-6,9,11,17H2,1-3H3. The van der Waals surface area contributed by atoms with Crippen LogP contribution in [0.25, 0.3) is 0 Å². The summed E-state index contributed by atoms with van der Waals surface area (Å²) >= 11 is 0. The van der Waals surface area contributed by atoms with Gasteiger partial charge in [0.1, 0.15) is 0 Å². The summed E-state index contributed by atoms with van der Waals surface area (Å²) in [6.45, 7) is 8.81. The maximum atomic E-state index is 6.40. The summed E-state index contributed by atoms with van der Waals surface area (Å²) in [5.41, 5.74) is 10.4. The lowest BCUT2D eigenvalue weighted by molar-refractivity contribution is 0.234. The van der Waals surface area contributed by atoms with Crippen LogP contribution in [-0.2, 0) is 0 Å². The highest BCUT2D eigenvalue weighted by molar-refractivity contribution is 5.32. The third-order valence-electron chi connectivity index (χ3n) is 4.23. The van der Waals surface area contributed by atoms with Gasteiger partial charge in [0.15, 0.2) is 0 Å². The van der Waals surface area contributed by atoms with Gasteiger partial charge in [-0.05, 0) is 50.8 Å². The van der Waals surface area contributed by atoms with Crippen molar-refractivity contribution >= 4 is 0 Å². The number of hydrogen-bond acceptors (Lipinski definition) is 2. The van der Waals surface area contributed by atoms with Crippen LogP contribution in [0.15, 0.2) is 18.2 Å². The second kappa shape index (κ2) is 5.85. The van der Waals surface area contributed by atoms with Gasteiger partial charge < -0.3 is 5.73 Å². The van der Waals surface area contributed by atoms with Gasteiger partial charge in [-0.2, -0.15) is 0 Å². The first-order chi connectivity index (χ1) is 8.61. The molecular weight excluding hydrogens is 220 g/mol. The first-order valence-corrected chi connectivity index (χ1v) is 7.18. The maximum absolute atomic E-state index is 6.40. The average Bonchev–Trinajstić information content (AvgIpc) is 2.76. The SMILES string of the molecule is CCC1CCCN1CC(N)c1ccc(C)cc1C. The lowest BCUT2D eigenvalue weighted by atomic mass is 9.99. The van der Waals surface area contributed by atoms with E-state index in [0.717, 1.165) is 12.6 Å². The molecule has 0 amide bonds. The molecule has 2 unspecified atom stereocenters. The lowest BCUT2D eigenvalue weighted by Crippen LogP contribution is -2.35. The quantitative estimate of drug-likeness (QED) is 0.884. The van der Waals surface area contributed by atoms with E-state index in [1.54, 1.807) is 0 Å². The van der Waals surface area contributed by atoms with Crippen molar-refractivity contribution in [2.75, 3.05) is 13.1 Å². The molecule has 2 nitrogen and oxygen atoms in total. The second-order valence-electron chi connectivity index (χ2n) is 5.67. The first-order valence-electron chi connectivity index (χ1n) is 7.18. The van der Waals surface area contributed by atoms with Crippen molar-refractivity contribution in [3.63, 3.8) is 0 Å². The molecule has 2 rings (SSSR count). The van der Waals surface area contributed by atoms with Crippen LogP contribution in [0.4, 0.5) is 0 Å². The highest BCUT2D eigenvalue weighted by Crippen LogP contribution is 2.24.